The van der Waals surface area contributed by atoms with Crippen LogP contribution in [-0.4, -0.2) is 9.13 Å². The topological polar surface area (TPSA) is 44.0 Å². The maximum Gasteiger partial charge on any atom is 0.330 e. The third-order valence-corrected chi connectivity index (χ3v) is 3.58. The molecule has 0 saturated carbocycles. The molecule has 90 valence electrons. The first-order chi connectivity index (χ1) is 8.22. The van der Waals surface area contributed by atoms with Gasteiger partial charge in [-0.05, 0) is 24.8 Å². The van der Waals surface area contributed by atoms with Crippen LogP contribution in [0.4, 0.5) is 0 Å². The van der Waals surface area contributed by atoms with E-state index in [1.165, 1.54) is 20.1 Å². The molecule has 0 N–H and O–H groups in total. The summed E-state index contributed by atoms with van der Waals surface area (Å²) in [6, 6.07) is 5.43. The Kier molecular flexibility index (Phi) is 3.58. The average molecular weight is 250 g/mol. The van der Waals surface area contributed by atoms with E-state index in [1.54, 1.807) is 17.5 Å². The van der Waals surface area contributed by atoms with Crippen LogP contribution in [0.25, 0.3) is 0 Å². The van der Waals surface area contributed by atoms with Gasteiger partial charge in [0.2, 0.25) is 0 Å². The van der Waals surface area contributed by atoms with Gasteiger partial charge in [0.25, 0.3) is 5.56 Å². The molecule has 0 aromatic carbocycles. The van der Waals surface area contributed by atoms with E-state index in [0.29, 0.717) is 13.1 Å². The van der Waals surface area contributed by atoms with Gasteiger partial charge in [0.05, 0.1) is 0 Å². The predicted octanol–water partition coefficient (Wildman–Crippen LogP) is 1.33. The lowest BCUT2D eigenvalue weighted by atomic mass is 10.3. The summed E-state index contributed by atoms with van der Waals surface area (Å²) in [5.74, 6) is 0. The van der Waals surface area contributed by atoms with Gasteiger partial charge in [0.1, 0.15) is 0 Å². The first-order valence-corrected chi connectivity index (χ1v) is 6.43. The molecule has 0 aliphatic carbocycles. The number of aromatic nitrogens is 2. The second-order valence-electron chi connectivity index (χ2n) is 3.70. The largest absolute Gasteiger partial charge is 0.330 e. The van der Waals surface area contributed by atoms with Crippen molar-refractivity contribution in [3.05, 3.63) is 55.5 Å². The molecule has 2 aromatic heterocycles. The molecule has 0 saturated heterocycles. The molecule has 0 unspecified atom stereocenters. The second-order valence-corrected chi connectivity index (χ2v) is 4.74. The van der Waals surface area contributed by atoms with Crippen molar-refractivity contribution < 1.29 is 0 Å². The molecule has 0 amide bonds. The highest BCUT2D eigenvalue weighted by Gasteiger charge is 2.04. The van der Waals surface area contributed by atoms with E-state index in [0.717, 1.165) is 6.42 Å². The fourth-order valence-corrected chi connectivity index (χ4v) is 2.38. The second kappa shape index (κ2) is 5.14. The van der Waals surface area contributed by atoms with Crippen LogP contribution in [0, 0.1) is 0 Å². The highest BCUT2D eigenvalue weighted by atomic mass is 32.1. The Balaban J connectivity index is 2.26. The van der Waals surface area contributed by atoms with Crippen molar-refractivity contribution in [3.8, 4) is 0 Å². The van der Waals surface area contributed by atoms with Crippen LogP contribution in [0.15, 0.2) is 39.4 Å². The third-order valence-electron chi connectivity index (χ3n) is 2.64. The Bertz CT molecular complexity index is 596. The van der Waals surface area contributed by atoms with E-state index in [9.17, 15) is 9.59 Å². The minimum Gasteiger partial charge on any atom is -0.301 e. The lowest BCUT2D eigenvalue weighted by Gasteiger charge is -2.07. The summed E-state index contributed by atoms with van der Waals surface area (Å²) in [7, 11) is 0. The van der Waals surface area contributed by atoms with Crippen LogP contribution in [0.2, 0.25) is 0 Å². The van der Waals surface area contributed by atoms with Crippen molar-refractivity contribution in [2.45, 2.75) is 26.4 Å². The summed E-state index contributed by atoms with van der Waals surface area (Å²) in [4.78, 5) is 24.7. The van der Waals surface area contributed by atoms with Gasteiger partial charge in [0.15, 0.2) is 0 Å². The lowest BCUT2D eigenvalue weighted by Crippen LogP contribution is -2.39. The Morgan fingerprint density at radius 3 is 2.76 bits per heavy atom. The maximum atomic E-state index is 11.9. The number of thiophene rings is 1. The molecule has 0 aliphatic rings. The molecule has 0 bridgehead atoms. The molecule has 5 heteroatoms. The molecule has 0 radical (unpaired) electrons. The number of rotatable bonds is 4. The van der Waals surface area contributed by atoms with Gasteiger partial charge in [-0.2, -0.15) is 0 Å². The Morgan fingerprint density at radius 2 is 2.12 bits per heavy atom. The average Bonchev–Trinajstić information content (AvgIpc) is 2.82. The van der Waals surface area contributed by atoms with E-state index in [2.05, 4.69) is 0 Å². The minimum atomic E-state index is -0.226. The quantitative estimate of drug-likeness (QED) is 0.821. The fourth-order valence-electron chi connectivity index (χ4n) is 1.68. The summed E-state index contributed by atoms with van der Waals surface area (Å²) in [6.07, 6.45) is 2.27. The first-order valence-electron chi connectivity index (χ1n) is 5.55. The van der Waals surface area contributed by atoms with Gasteiger partial charge < -0.3 is 4.57 Å². The standard InChI is InChI=1S/C12H14N2O2S/c1-2-13-7-6-11(15)14(12(13)16)8-5-10-4-3-9-17-10/h3-4,6-7,9H,2,5,8H2,1H3. The third kappa shape index (κ3) is 2.55. The molecule has 0 aliphatic heterocycles. The summed E-state index contributed by atoms with van der Waals surface area (Å²) in [6.45, 7) is 2.91. The molecule has 4 nitrogen and oxygen atoms in total. The monoisotopic (exact) mass is 250 g/mol. The van der Waals surface area contributed by atoms with Gasteiger partial charge in [-0.25, -0.2) is 4.79 Å². The van der Waals surface area contributed by atoms with Crippen LogP contribution in [0.3, 0.4) is 0 Å². The van der Waals surface area contributed by atoms with Crippen molar-refractivity contribution in [1.82, 2.24) is 9.13 Å². The number of nitrogens with zero attached hydrogens (tertiary/aromatic N) is 2. The van der Waals surface area contributed by atoms with Gasteiger partial charge in [-0.3, -0.25) is 9.36 Å². The van der Waals surface area contributed by atoms with E-state index in [1.807, 2.05) is 24.4 Å². The van der Waals surface area contributed by atoms with Crippen molar-refractivity contribution in [1.29, 1.82) is 0 Å². The van der Waals surface area contributed by atoms with Gasteiger partial charge in [-0.15, -0.1) is 11.3 Å². The summed E-state index contributed by atoms with van der Waals surface area (Å²) < 4.78 is 2.83. The van der Waals surface area contributed by atoms with Crippen molar-refractivity contribution in [3.63, 3.8) is 0 Å². The van der Waals surface area contributed by atoms with Crippen LogP contribution < -0.4 is 11.2 Å². The fraction of sp³-hybridized carbons (Fsp3) is 0.333. The SMILES string of the molecule is CCn1ccc(=O)n(CCc2cccs2)c1=O. The highest BCUT2D eigenvalue weighted by molar-refractivity contribution is 7.09. The summed E-state index contributed by atoms with van der Waals surface area (Å²) >= 11 is 1.64. The zero-order chi connectivity index (χ0) is 12.3. The van der Waals surface area contributed by atoms with Crippen molar-refractivity contribution in [2.24, 2.45) is 0 Å². The smallest absolute Gasteiger partial charge is 0.301 e. The molecular weight excluding hydrogens is 236 g/mol. The van der Waals surface area contributed by atoms with Crippen LogP contribution in [-0.2, 0) is 19.5 Å². The summed E-state index contributed by atoms with van der Waals surface area (Å²) in [5.41, 5.74) is -0.451. The van der Waals surface area contributed by atoms with E-state index < -0.39 is 0 Å². The molecule has 2 aromatic rings. The molecule has 0 fully saturated rings. The van der Waals surface area contributed by atoms with Gasteiger partial charge in [0, 0.05) is 30.2 Å². The van der Waals surface area contributed by atoms with Crippen LogP contribution in [0.5, 0.6) is 0 Å². The van der Waals surface area contributed by atoms with E-state index >= 15 is 0 Å². The van der Waals surface area contributed by atoms with Crippen molar-refractivity contribution in [2.75, 3.05) is 0 Å². The Hall–Kier alpha value is -1.62. The molecule has 0 spiro atoms. The zero-order valence-electron chi connectivity index (χ0n) is 9.63. The normalized spacial score (nSPS) is 10.6. The molecule has 2 heterocycles. The first kappa shape index (κ1) is 11.9. The number of hydrogen-bond donors (Lipinski definition) is 0. The molecule has 0 atom stereocenters. The zero-order valence-corrected chi connectivity index (χ0v) is 10.4. The Labute approximate surface area is 103 Å². The Morgan fingerprint density at radius 1 is 1.29 bits per heavy atom. The number of aryl methyl sites for hydroxylation is 2. The van der Waals surface area contributed by atoms with Gasteiger partial charge >= 0.3 is 5.69 Å². The summed E-state index contributed by atoms with van der Waals surface area (Å²) in [5, 5.41) is 1.99. The molecule has 2 rings (SSSR count). The van der Waals surface area contributed by atoms with Gasteiger partial charge in [-0.1, -0.05) is 6.07 Å². The lowest BCUT2D eigenvalue weighted by molar-refractivity contribution is 0.567. The van der Waals surface area contributed by atoms with E-state index in [-0.39, 0.29) is 11.2 Å². The van der Waals surface area contributed by atoms with Crippen LogP contribution >= 0.6 is 11.3 Å². The highest BCUT2D eigenvalue weighted by Crippen LogP contribution is 2.09. The minimum absolute atomic E-state index is 0.225. The van der Waals surface area contributed by atoms with E-state index in [4.69, 9.17) is 0 Å². The predicted molar refractivity (Wildman–Crippen MR) is 68.7 cm³/mol. The van der Waals surface area contributed by atoms with Crippen molar-refractivity contribution >= 4 is 11.3 Å². The molecule has 17 heavy (non-hydrogen) atoms. The van der Waals surface area contributed by atoms with Crippen LogP contribution in [0.1, 0.15) is 11.8 Å². The molecular formula is C12H14N2O2S. The maximum absolute atomic E-state index is 11.9. The number of hydrogen-bond acceptors (Lipinski definition) is 3.